The third kappa shape index (κ3) is 3.17. The minimum atomic E-state index is -0.597. The van der Waals surface area contributed by atoms with Gasteiger partial charge in [0.25, 0.3) is 0 Å². The molecule has 19 heavy (non-hydrogen) atoms. The molecule has 0 saturated heterocycles. The molecule has 3 nitrogen and oxygen atoms in total. The number of methoxy groups -OCH3 is 1. The maximum absolute atomic E-state index is 13.4. The average molecular weight is 260 g/mol. The van der Waals surface area contributed by atoms with Crippen molar-refractivity contribution in [1.29, 1.82) is 0 Å². The normalized spacial score (nSPS) is 10.2. The lowest BCUT2D eigenvalue weighted by molar-refractivity contribution is 0.111. The maximum Gasteiger partial charge on any atom is 0.156 e. The van der Waals surface area contributed by atoms with Gasteiger partial charge in [-0.15, -0.1) is 0 Å². The Morgan fingerprint density at radius 1 is 1.21 bits per heavy atom. The van der Waals surface area contributed by atoms with Crippen LogP contribution in [0.1, 0.15) is 15.9 Å². The Morgan fingerprint density at radius 3 is 2.74 bits per heavy atom. The average Bonchev–Trinajstić information content (AvgIpc) is 2.40. The van der Waals surface area contributed by atoms with E-state index < -0.39 is 5.82 Å². The second kappa shape index (κ2) is 6.11. The molecule has 4 heteroatoms. The van der Waals surface area contributed by atoms with E-state index in [0.717, 1.165) is 5.56 Å². The van der Waals surface area contributed by atoms with Crippen LogP contribution >= 0.6 is 0 Å². The summed E-state index contributed by atoms with van der Waals surface area (Å²) < 4.78 is 24.0. The first-order valence-electron chi connectivity index (χ1n) is 5.74. The standard InChI is InChI=1S/C15H13FO3/c1-18-10-11-4-2-5-12(8-11)19-15-7-3-6-14(16)13(15)9-17/h2-9H,10H2,1H3. The van der Waals surface area contributed by atoms with Crippen molar-refractivity contribution < 1.29 is 18.7 Å². The highest BCUT2D eigenvalue weighted by molar-refractivity contribution is 5.79. The first-order chi connectivity index (χ1) is 9.24. The second-order valence-corrected chi connectivity index (χ2v) is 3.95. The summed E-state index contributed by atoms with van der Waals surface area (Å²) in [6.45, 7) is 0.459. The van der Waals surface area contributed by atoms with Crippen LogP contribution in [0.2, 0.25) is 0 Å². The van der Waals surface area contributed by atoms with E-state index in [1.54, 1.807) is 25.3 Å². The molecular weight excluding hydrogens is 247 g/mol. The number of aldehydes is 1. The van der Waals surface area contributed by atoms with Crippen LogP contribution in [0.15, 0.2) is 42.5 Å². The SMILES string of the molecule is COCc1cccc(Oc2cccc(F)c2C=O)c1. The molecule has 0 spiro atoms. The Labute approximate surface area is 110 Å². The molecule has 0 N–H and O–H groups in total. The Morgan fingerprint density at radius 2 is 2.00 bits per heavy atom. The van der Waals surface area contributed by atoms with E-state index in [0.29, 0.717) is 18.6 Å². The van der Waals surface area contributed by atoms with Gasteiger partial charge in [-0.3, -0.25) is 4.79 Å². The van der Waals surface area contributed by atoms with Crippen LogP contribution in [0.4, 0.5) is 4.39 Å². The molecule has 98 valence electrons. The lowest BCUT2D eigenvalue weighted by Crippen LogP contribution is -1.95. The number of hydrogen-bond donors (Lipinski definition) is 0. The summed E-state index contributed by atoms with van der Waals surface area (Å²) in [5, 5.41) is 0. The van der Waals surface area contributed by atoms with Gasteiger partial charge in [0.15, 0.2) is 6.29 Å². The third-order valence-electron chi connectivity index (χ3n) is 2.57. The summed E-state index contributed by atoms with van der Waals surface area (Å²) in [7, 11) is 1.60. The van der Waals surface area contributed by atoms with Crippen LogP contribution < -0.4 is 4.74 Å². The van der Waals surface area contributed by atoms with Crippen molar-refractivity contribution in [1.82, 2.24) is 0 Å². The fourth-order valence-electron chi connectivity index (χ4n) is 1.71. The van der Waals surface area contributed by atoms with E-state index in [1.807, 2.05) is 12.1 Å². The van der Waals surface area contributed by atoms with Crippen LogP contribution in [-0.2, 0) is 11.3 Å². The molecular formula is C15H13FO3. The van der Waals surface area contributed by atoms with Crippen molar-refractivity contribution in [3.05, 3.63) is 59.4 Å². The van der Waals surface area contributed by atoms with E-state index in [4.69, 9.17) is 9.47 Å². The first kappa shape index (κ1) is 13.2. The van der Waals surface area contributed by atoms with Gasteiger partial charge in [-0.05, 0) is 29.8 Å². The summed E-state index contributed by atoms with van der Waals surface area (Å²) in [4.78, 5) is 10.9. The van der Waals surface area contributed by atoms with Crippen LogP contribution in [-0.4, -0.2) is 13.4 Å². The van der Waals surface area contributed by atoms with Crippen molar-refractivity contribution in [2.45, 2.75) is 6.61 Å². The third-order valence-corrected chi connectivity index (χ3v) is 2.57. The highest BCUT2D eigenvalue weighted by atomic mass is 19.1. The second-order valence-electron chi connectivity index (χ2n) is 3.95. The van der Waals surface area contributed by atoms with Gasteiger partial charge < -0.3 is 9.47 Å². The summed E-state index contributed by atoms with van der Waals surface area (Å²) in [6, 6.07) is 11.5. The monoisotopic (exact) mass is 260 g/mol. The fourth-order valence-corrected chi connectivity index (χ4v) is 1.71. The zero-order valence-electron chi connectivity index (χ0n) is 10.4. The van der Waals surface area contributed by atoms with Gasteiger partial charge in [0.05, 0.1) is 12.2 Å². The molecule has 0 amide bonds. The quantitative estimate of drug-likeness (QED) is 0.771. The Hall–Kier alpha value is -2.20. The molecule has 2 aromatic rings. The van der Waals surface area contributed by atoms with E-state index in [9.17, 15) is 9.18 Å². The van der Waals surface area contributed by atoms with E-state index in [1.165, 1.54) is 12.1 Å². The number of halogens is 1. The molecule has 0 saturated carbocycles. The highest BCUT2D eigenvalue weighted by Gasteiger charge is 2.09. The number of rotatable bonds is 5. The van der Waals surface area contributed by atoms with Crippen LogP contribution in [0, 0.1) is 5.82 Å². The molecule has 0 aromatic heterocycles. The van der Waals surface area contributed by atoms with Crippen LogP contribution in [0.5, 0.6) is 11.5 Å². The van der Waals surface area contributed by atoms with Crippen molar-refractivity contribution in [3.63, 3.8) is 0 Å². The summed E-state index contributed by atoms with van der Waals surface area (Å²) in [5.41, 5.74) is 0.851. The Kier molecular flexibility index (Phi) is 4.26. The number of ether oxygens (including phenoxy) is 2. The molecule has 0 atom stereocenters. The molecule has 0 bridgehead atoms. The molecule has 0 aliphatic rings. The predicted molar refractivity (Wildman–Crippen MR) is 69.0 cm³/mol. The van der Waals surface area contributed by atoms with Crippen LogP contribution in [0.3, 0.4) is 0 Å². The van der Waals surface area contributed by atoms with Crippen molar-refractivity contribution >= 4 is 6.29 Å². The molecule has 0 radical (unpaired) electrons. The molecule has 0 fully saturated rings. The molecule has 2 aromatic carbocycles. The lowest BCUT2D eigenvalue weighted by atomic mass is 10.2. The predicted octanol–water partition coefficient (Wildman–Crippen LogP) is 3.58. The minimum Gasteiger partial charge on any atom is -0.457 e. The van der Waals surface area contributed by atoms with Gasteiger partial charge in [0.2, 0.25) is 0 Å². The maximum atomic E-state index is 13.4. The minimum absolute atomic E-state index is 0.0837. The van der Waals surface area contributed by atoms with Crippen molar-refractivity contribution in [2.24, 2.45) is 0 Å². The molecule has 0 unspecified atom stereocenters. The first-order valence-corrected chi connectivity index (χ1v) is 5.74. The Bertz CT molecular complexity index is 581. The summed E-state index contributed by atoms with van der Waals surface area (Å²) in [5.74, 6) is 0.133. The zero-order chi connectivity index (χ0) is 13.7. The molecule has 0 aliphatic heterocycles. The number of benzene rings is 2. The Balaban J connectivity index is 2.28. The van der Waals surface area contributed by atoms with Crippen molar-refractivity contribution in [3.8, 4) is 11.5 Å². The highest BCUT2D eigenvalue weighted by Crippen LogP contribution is 2.26. The summed E-state index contributed by atoms with van der Waals surface area (Å²) in [6.07, 6.45) is 0.448. The molecule has 0 aliphatic carbocycles. The van der Waals surface area contributed by atoms with Gasteiger partial charge in [-0.25, -0.2) is 4.39 Å². The number of carbonyl (C=O) groups excluding carboxylic acids is 1. The number of carbonyl (C=O) groups is 1. The van der Waals surface area contributed by atoms with E-state index in [-0.39, 0.29) is 11.3 Å². The van der Waals surface area contributed by atoms with Gasteiger partial charge in [-0.1, -0.05) is 18.2 Å². The van der Waals surface area contributed by atoms with Gasteiger partial charge in [0.1, 0.15) is 17.3 Å². The largest absolute Gasteiger partial charge is 0.457 e. The van der Waals surface area contributed by atoms with Crippen molar-refractivity contribution in [2.75, 3.05) is 7.11 Å². The van der Waals surface area contributed by atoms with Gasteiger partial charge in [0, 0.05) is 7.11 Å². The van der Waals surface area contributed by atoms with Gasteiger partial charge in [-0.2, -0.15) is 0 Å². The van der Waals surface area contributed by atoms with Gasteiger partial charge >= 0.3 is 0 Å². The zero-order valence-corrected chi connectivity index (χ0v) is 10.4. The van der Waals surface area contributed by atoms with E-state index >= 15 is 0 Å². The molecule has 0 heterocycles. The lowest BCUT2D eigenvalue weighted by Gasteiger charge is -2.09. The smallest absolute Gasteiger partial charge is 0.156 e. The molecule has 2 rings (SSSR count). The number of hydrogen-bond acceptors (Lipinski definition) is 3. The van der Waals surface area contributed by atoms with E-state index in [2.05, 4.69) is 0 Å². The topological polar surface area (TPSA) is 35.5 Å². The summed E-state index contributed by atoms with van der Waals surface area (Å²) >= 11 is 0. The fraction of sp³-hybridized carbons (Fsp3) is 0.133. The van der Waals surface area contributed by atoms with Crippen LogP contribution in [0.25, 0.3) is 0 Å².